The van der Waals surface area contributed by atoms with Crippen molar-refractivity contribution in [1.29, 1.82) is 0 Å². The Morgan fingerprint density at radius 3 is 2.05 bits per heavy atom. The zero-order valence-electron chi connectivity index (χ0n) is 21.0. The highest BCUT2D eigenvalue weighted by atomic mass is 19.2. The number of carbonyl (C=O) groups is 2. The van der Waals surface area contributed by atoms with Crippen LogP contribution in [0.2, 0.25) is 0 Å². The lowest BCUT2D eigenvalue weighted by molar-refractivity contribution is -0.139. The van der Waals surface area contributed by atoms with Crippen LogP contribution in [0.5, 0.6) is 0 Å². The first-order valence-corrected chi connectivity index (χ1v) is 11.9. The number of hydrogen-bond donors (Lipinski definition) is 1. The second-order valence-electron chi connectivity index (χ2n) is 8.42. The van der Waals surface area contributed by atoms with E-state index in [1.165, 1.54) is 6.07 Å². The Kier molecular flexibility index (Phi) is 7.52. The maximum absolute atomic E-state index is 14.3. The third-order valence-corrected chi connectivity index (χ3v) is 6.02. The number of halogens is 2. The van der Waals surface area contributed by atoms with Crippen LogP contribution in [0.4, 0.5) is 8.78 Å². The molecule has 0 saturated carbocycles. The number of carbonyl (C=O) groups excluding carboxylic acids is 2. The summed E-state index contributed by atoms with van der Waals surface area (Å²) in [6.07, 6.45) is 1.68. The fraction of sp³-hybridized carbons (Fsp3) is 0.250. The lowest BCUT2D eigenvalue weighted by Crippen LogP contribution is -2.32. The van der Waals surface area contributed by atoms with E-state index in [0.29, 0.717) is 22.6 Å². The Balaban J connectivity index is 2.03. The van der Waals surface area contributed by atoms with Crippen molar-refractivity contribution in [3.8, 4) is 16.9 Å². The lowest BCUT2D eigenvalue weighted by atomic mass is 9.79. The van der Waals surface area contributed by atoms with Gasteiger partial charge in [-0.15, -0.1) is 0 Å². The highest BCUT2D eigenvalue weighted by Gasteiger charge is 2.40. The molecule has 0 spiro atoms. The van der Waals surface area contributed by atoms with Gasteiger partial charge in [-0.05, 0) is 58.0 Å². The van der Waals surface area contributed by atoms with Crippen LogP contribution in [0, 0.1) is 11.6 Å². The second-order valence-corrected chi connectivity index (χ2v) is 8.42. The van der Waals surface area contributed by atoms with Crippen molar-refractivity contribution in [2.24, 2.45) is 0 Å². The van der Waals surface area contributed by atoms with Gasteiger partial charge in [-0.2, -0.15) is 5.10 Å². The van der Waals surface area contributed by atoms with Crippen LogP contribution in [-0.4, -0.2) is 34.9 Å². The molecule has 2 aromatic carbocycles. The van der Waals surface area contributed by atoms with Gasteiger partial charge < -0.3 is 14.8 Å². The Bertz CT molecular complexity index is 1370. The number of benzene rings is 2. The average molecular weight is 508 g/mol. The fourth-order valence-corrected chi connectivity index (χ4v) is 4.44. The van der Waals surface area contributed by atoms with Crippen molar-refractivity contribution in [3.63, 3.8) is 0 Å². The Hall–Kier alpha value is -4.27. The van der Waals surface area contributed by atoms with Crippen molar-refractivity contribution >= 4 is 11.9 Å². The Morgan fingerprint density at radius 1 is 0.919 bits per heavy atom. The van der Waals surface area contributed by atoms with Crippen LogP contribution >= 0.6 is 0 Å². The normalized spacial score (nSPS) is 14.0. The van der Waals surface area contributed by atoms with Crippen molar-refractivity contribution in [2.45, 2.75) is 33.6 Å². The minimum Gasteiger partial charge on any atom is -0.463 e. The molecule has 1 aliphatic heterocycles. The molecule has 9 heteroatoms. The maximum atomic E-state index is 14.3. The van der Waals surface area contributed by atoms with Gasteiger partial charge in [-0.25, -0.2) is 23.1 Å². The first-order valence-electron chi connectivity index (χ1n) is 11.9. The smallest absolute Gasteiger partial charge is 0.336 e. The van der Waals surface area contributed by atoms with Gasteiger partial charge in [0, 0.05) is 28.7 Å². The van der Waals surface area contributed by atoms with E-state index in [4.69, 9.17) is 9.47 Å². The first-order chi connectivity index (χ1) is 17.8. The summed E-state index contributed by atoms with van der Waals surface area (Å²) in [5.41, 5.74) is 3.08. The molecule has 37 heavy (non-hydrogen) atoms. The van der Waals surface area contributed by atoms with Gasteiger partial charge in [-0.3, -0.25) is 0 Å². The van der Waals surface area contributed by atoms with E-state index in [9.17, 15) is 18.4 Å². The van der Waals surface area contributed by atoms with Crippen molar-refractivity contribution < 1.29 is 27.8 Å². The first kappa shape index (κ1) is 25.8. The summed E-state index contributed by atoms with van der Waals surface area (Å²) in [6, 6.07) is 12.6. The van der Waals surface area contributed by atoms with Crippen LogP contribution in [0.1, 0.15) is 39.2 Å². The van der Waals surface area contributed by atoms with Crippen LogP contribution in [0.3, 0.4) is 0 Å². The molecule has 0 aliphatic carbocycles. The molecule has 1 aromatic heterocycles. The van der Waals surface area contributed by atoms with Gasteiger partial charge in [0.05, 0.1) is 41.7 Å². The zero-order chi connectivity index (χ0) is 26.7. The van der Waals surface area contributed by atoms with Crippen molar-refractivity contribution in [2.75, 3.05) is 13.2 Å². The molecule has 2 heterocycles. The molecule has 0 amide bonds. The van der Waals surface area contributed by atoms with E-state index in [1.807, 2.05) is 30.3 Å². The number of dihydropyridines is 1. The third-order valence-electron chi connectivity index (χ3n) is 6.02. The molecule has 3 aromatic rings. The molecule has 192 valence electrons. The van der Waals surface area contributed by atoms with E-state index in [-0.39, 0.29) is 35.6 Å². The number of hydrogen-bond acceptors (Lipinski definition) is 6. The zero-order valence-corrected chi connectivity index (χ0v) is 21.0. The van der Waals surface area contributed by atoms with E-state index in [0.717, 1.165) is 12.1 Å². The summed E-state index contributed by atoms with van der Waals surface area (Å²) >= 11 is 0. The van der Waals surface area contributed by atoms with Gasteiger partial charge in [-0.1, -0.05) is 18.2 Å². The van der Waals surface area contributed by atoms with Crippen LogP contribution < -0.4 is 5.32 Å². The number of rotatable bonds is 7. The van der Waals surface area contributed by atoms with E-state index >= 15 is 0 Å². The molecule has 1 aliphatic rings. The average Bonchev–Trinajstić information content (AvgIpc) is 3.31. The molecule has 0 bridgehead atoms. The second kappa shape index (κ2) is 10.8. The molecular formula is C28H27F2N3O4. The molecule has 0 fully saturated rings. The lowest BCUT2D eigenvalue weighted by Gasteiger charge is -2.30. The number of allylic oxidation sites excluding steroid dienone is 2. The number of aromatic nitrogens is 2. The predicted molar refractivity (Wildman–Crippen MR) is 133 cm³/mol. The highest BCUT2D eigenvalue weighted by molar-refractivity contribution is 6.00. The molecule has 4 rings (SSSR count). The van der Waals surface area contributed by atoms with E-state index < -0.39 is 29.5 Å². The summed E-state index contributed by atoms with van der Waals surface area (Å²) < 4.78 is 40.4. The quantitative estimate of drug-likeness (QED) is 0.444. The van der Waals surface area contributed by atoms with Crippen LogP contribution in [0.15, 0.2) is 77.3 Å². The minimum absolute atomic E-state index is 0.124. The summed E-state index contributed by atoms with van der Waals surface area (Å²) in [4.78, 5) is 26.4. The molecule has 0 unspecified atom stereocenters. The largest absolute Gasteiger partial charge is 0.463 e. The van der Waals surface area contributed by atoms with Crippen LogP contribution in [-0.2, 0) is 19.1 Å². The molecule has 7 nitrogen and oxygen atoms in total. The summed E-state index contributed by atoms with van der Waals surface area (Å²) in [5.74, 6) is -4.22. The minimum atomic E-state index is -1.04. The summed E-state index contributed by atoms with van der Waals surface area (Å²) in [7, 11) is 0. The topological polar surface area (TPSA) is 82.5 Å². The number of para-hydroxylation sites is 1. The maximum Gasteiger partial charge on any atom is 0.336 e. The number of ether oxygens (including phenoxy) is 2. The van der Waals surface area contributed by atoms with Gasteiger partial charge >= 0.3 is 11.9 Å². The number of nitrogens with one attached hydrogen (secondary N) is 1. The predicted octanol–water partition coefficient (Wildman–Crippen LogP) is 5.18. The Labute approximate surface area is 213 Å². The number of esters is 2. The summed E-state index contributed by atoms with van der Waals surface area (Å²) in [5, 5.41) is 7.78. The monoisotopic (exact) mass is 507 g/mol. The summed E-state index contributed by atoms with van der Waals surface area (Å²) in [6.45, 7) is 7.05. The fourth-order valence-electron chi connectivity index (χ4n) is 4.44. The van der Waals surface area contributed by atoms with Gasteiger partial charge in [0.15, 0.2) is 11.6 Å². The molecular weight excluding hydrogens is 480 g/mol. The van der Waals surface area contributed by atoms with E-state index in [1.54, 1.807) is 38.6 Å². The molecule has 0 saturated heterocycles. The SMILES string of the molecule is CCOC(=O)C1=C(C)NC(C)=C(C(=O)OCC)C1c1cn(-c2ccccc2)nc1-c1ccc(F)c(F)c1. The van der Waals surface area contributed by atoms with E-state index in [2.05, 4.69) is 10.4 Å². The van der Waals surface area contributed by atoms with Gasteiger partial charge in [0.25, 0.3) is 0 Å². The molecule has 0 radical (unpaired) electrons. The Morgan fingerprint density at radius 2 is 1.51 bits per heavy atom. The molecule has 0 atom stereocenters. The highest BCUT2D eigenvalue weighted by Crippen LogP contribution is 2.43. The van der Waals surface area contributed by atoms with Crippen molar-refractivity contribution in [3.05, 3.63) is 94.5 Å². The molecule has 1 N–H and O–H groups in total. The number of nitrogens with zero attached hydrogens (tertiary/aromatic N) is 2. The van der Waals surface area contributed by atoms with Gasteiger partial charge in [0.1, 0.15) is 0 Å². The standard InChI is InChI=1S/C28H27F2N3O4/c1-5-36-27(34)23-16(3)31-17(4)24(28(35)37-6-2)25(23)20-15-33(19-10-8-7-9-11-19)32-26(20)18-12-13-21(29)22(30)14-18/h7-15,25,31H,5-6H2,1-4H3. The van der Waals surface area contributed by atoms with Gasteiger partial charge in [0.2, 0.25) is 0 Å². The third kappa shape index (κ3) is 5.02. The van der Waals surface area contributed by atoms with Crippen molar-refractivity contribution in [1.82, 2.24) is 15.1 Å². The van der Waals surface area contributed by atoms with Crippen LogP contribution in [0.25, 0.3) is 16.9 Å².